The van der Waals surface area contributed by atoms with Gasteiger partial charge in [0, 0.05) is 60.4 Å². The van der Waals surface area contributed by atoms with Crippen LogP contribution in [0.5, 0.6) is 0 Å². The Labute approximate surface area is 165 Å². The van der Waals surface area contributed by atoms with Gasteiger partial charge in [0.2, 0.25) is 0 Å². The van der Waals surface area contributed by atoms with Crippen LogP contribution in [-0.2, 0) is 40.5 Å². The molecule has 0 aliphatic rings. The van der Waals surface area contributed by atoms with Gasteiger partial charge in [-0.3, -0.25) is 0 Å². The Balaban J connectivity index is 0. The summed E-state index contributed by atoms with van der Waals surface area (Å²) >= 11 is 0. The molecule has 0 atom stereocenters. The molecule has 0 spiro atoms. The lowest BCUT2D eigenvalue weighted by atomic mass is 10.5. The first-order valence-corrected chi connectivity index (χ1v) is 12.4. The normalized spacial score (nSPS) is 11.5. The van der Waals surface area contributed by atoms with Gasteiger partial charge >= 0.3 is 23.8 Å². The Morgan fingerprint density at radius 2 is 1.26 bits per heavy atom. The summed E-state index contributed by atoms with van der Waals surface area (Å²) in [4.78, 5) is 10.9. The summed E-state index contributed by atoms with van der Waals surface area (Å²) in [5, 5.41) is 0. The van der Waals surface area contributed by atoms with Gasteiger partial charge in [0.15, 0.2) is 0 Å². The lowest BCUT2D eigenvalue weighted by molar-refractivity contribution is -0.137. The third kappa shape index (κ3) is 12.4. The standard InChI is InChI=1S/C12H24O5Si.C4H12O4Si/c1-5-12(13)14-10-9-11-18(15-6-2,16-7-3)17-8-4;1-5-9(6-2,7-3)8-4/h5H,1,6-11H2,2-4H3;1-4H3. The first-order valence-electron chi connectivity index (χ1n) is 8.80. The molecule has 0 aromatic heterocycles. The van der Waals surface area contributed by atoms with Crippen LogP contribution in [0.15, 0.2) is 12.7 Å². The summed E-state index contributed by atoms with van der Waals surface area (Å²) in [5.74, 6) is -0.411. The van der Waals surface area contributed by atoms with E-state index in [2.05, 4.69) is 6.58 Å². The predicted octanol–water partition coefficient (Wildman–Crippen LogP) is 2.16. The summed E-state index contributed by atoms with van der Waals surface area (Å²) in [5.41, 5.74) is 0. The quantitative estimate of drug-likeness (QED) is 0.168. The summed E-state index contributed by atoms with van der Waals surface area (Å²) in [6.07, 6.45) is 1.81. The first-order chi connectivity index (χ1) is 12.9. The van der Waals surface area contributed by atoms with Crippen molar-refractivity contribution in [3.8, 4) is 0 Å². The number of hydrogen-bond acceptors (Lipinski definition) is 9. The van der Waals surface area contributed by atoms with Gasteiger partial charge in [0.05, 0.1) is 6.61 Å². The van der Waals surface area contributed by atoms with Crippen molar-refractivity contribution in [2.75, 3.05) is 54.9 Å². The highest BCUT2D eigenvalue weighted by atomic mass is 28.4. The highest BCUT2D eigenvalue weighted by Crippen LogP contribution is 2.18. The number of carbonyl (C=O) groups is 1. The first kappa shape index (κ1) is 28.6. The van der Waals surface area contributed by atoms with Crippen LogP contribution >= 0.6 is 0 Å². The van der Waals surface area contributed by atoms with Crippen molar-refractivity contribution in [3.05, 3.63) is 12.7 Å². The van der Waals surface area contributed by atoms with Crippen molar-refractivity contribution in [2.24, 2.45) is 0 Å². The molecule has 0 amide bonds. The number of esters is 1. The van der Waals surface area contributed by atoms with Crippen LogP contribution in [0.4, 0.5) is 0 Å². The maximum atomic E-state index is 10.9. The van der Waals surface area contributed by atoms with Gasteiger partial charge in [0.1, 0.15) is 0 Å². The summed E-state index contributed by atoms with van der Waals surface area (Å²) < 4.78 is 41.4. The highest BCUT2D eigenvalue weighted by Gasteiger charge is 2.40. The van der Waals surface area contributed by atoms with E-state index in [1.807, 2.05) is 20.8 Å². The third-order valence-corrected chi connectivity index (χ3v) is 8.28. The number of ether oxygens (including phenoxy) is 1. The average Bonchev–Trinajstić information content (AvgIpc) is 2.68. The molecule has 162 valence electrons. The molecule has 0 saturated carbocycles. The van der Waals surface area contributed by atoms with Gasteiger partial charge in [-0.05, 0) is 27.2 Å². The van der Waals surface area contributed by atoms with Crippen molar-refractivity contribution >= 4 is 23.8 Å². The number of hydrogen-bond donors (Lipinski definition) is 0. The second-order valence-electron chi connectivity index (χ2n) is 4.77. The molecule has 0 radical (unpaired) electrons. The SMILES string of the molecule is C=CC(=O)OCCC[Si](OCC)(OCC)OCC.CO[Si](OC)(OC)OC. The molecular weight excluding hydrogens is 392 g/mol. The van der Waals surface area contributed by atoms with Gasteiger partial charge in [-0.2, -0.15) is 0 Å². The highest BCUT2D eigenvalue weighted by molar-refractivity contribution is 6.60. The Morgan fingerprint density at radius 3 is 1.52 bits per heavy atom. The fraction of sp³-hybridized carbons (Fsp3) is 0.812. The summed E-state index contributed by atoms with van der Waals surface area (Å²) in [6, 6.07) is 0.646. The van der Waals surface area contributed by atoms with Crippen molar-refractivity contribution in [1.29, 1.82) is 0 Å². The molecule has 27 heavy (non-hydrogen) atoms. The van der Waals surface area contributed by atoms with Crippen molar-refractivity contribution < 1.29 is 40.5 Å². The average molecular weight is 429 g/mol. The number of carbonyl (C=O) groups excluding carboxylic acids is 1. The molecule has 0 aliphatic heterocycles. The molecular formula is C16H36O9Si2. The maximum absolute atomic E-state index is 10.9. The Bertz CT molecular complexity index is 344. The molecule has 0 unspecified atom stereocenters. The van der Waals surface area contributed by atoms with E-state index in [-0.39, 0.29) is 0 Å². The molecule has 9 nitrogen and oxygen atoms in total. The van der Waals surface area contributed by atoms with Crippen LogP contribution in [-0.4, -0.2) is 78.7 Å². The Hall–Kier alpha value is -0.636. The molecule has 0 saturated heterocycles. The molecule has 0 heterocycles. The summed E-state index contributed by atoms with van der Waals surface area (Å²) in [6.45, 7) is 11.1. The van der Waals surface area contributed by atoms with Gasteiger partial charge in [0.25, 0.3) is 0 Å². The predicted molar refractivity (Wildman–Crippen MR) is 105 cm³/mol. The second-order valence-corrected chi connectivity index (χ2v) is 10.1. The van der Waals surface area contributed by atoms with Crippen LogP contribution in [0.3, 0.4) is 0 Å². The van der Waals surface area contributed by atoms with E-state index in [1.54, 1.807) is 0 Å². The van der Waals surface area contributed by atoms with E-state index >= 15 is 0 Å². The van der Waals surface area contributed by atoms with Crippen molar-refractivity contribution in [1.82, 2.24) is 0 Å². The monoisotopic (exact) mass is 428 g/mol. The fourth-order valence-corrected chi connectivity index (χ4v) is 5.60. The molecule has 0 aromatic carbocycles. The largest absolute Gasteiger partial charge is 0.678 e. The molecule has 0 aliphatic carbocycles. The van der Waals surface area contributed by atoms with E-state index in [9.17, 15) is 4.79 Å². The van der Waals surface area contributed by atoms with E-state index in [0.29, 0.717) is 38.9 Å². The van der Waals surface area contributed by atoms with Crippen molar-refractivity contribution in [2.45, 2.75) is 33.2 Å². The molecule has 0 rings (SSSR count). The van der Waals surface area contributed by atoms with E-state index in [0.717, 1.165) is 6.08 Å². The van der Waals surface area contributed by atoms with Crippen LogP contribution in [0, 0.1) is 0 Å². The topological polar surface area (TPSA) is 90.9 Å². The van der Waals surface area contributed by atoms with Gasteiger partial charge in [-0.15, -0.1) is 0 Å². The van der Waals surface area contributed by atoms with Crippen LogP contribution in [0.25, 0.3) is 0 Å². The zero-order valence-electron chi connectivity index (χ0n) is 17.7. The van der Waals surface area contributed by atoms with Gasteiger partial charge in [-0.1, -0.05) is 6.58 Å². The molecule has 0 aromatic rings. The van der Waals surface area contributed by atoms with E-state index in [4.69, 9.17) is 35.7 Å². The second kappa shape index (κ2) is 17.5. The number of rotatable bonds is 15. The smallest absolute Gasteiger partial charge is 0.463 e. The Morgan fingerprint density at radius 1 is 0.852 bits per heavy atom. The zero-order valence-corrected chi connectivity index (χ0v) is 19.7. The van der Waals surface area contributed by atoms with Gasteiger partial charge in [-0.25, -0.2) is 4.79 Å². The Kier molecular flexibility index (Phi) is 18.5. The van der Waals surface area contributed by atoms with Crippen molar-refractivity contribution in [3.63, 3.8) is 0 Å². The summed E-state index contributed by atoms with van der Waals surface area (Å²) in [7, 11) is 0.669. The lowest BCUT2D eigenvalue weighted by Gasteiger charge is -2.28. The zero-order chi connectivity index (χ0) is 21.2. The minimum atomic E-state index is -2.69. The molecule has 0 bridgehead atoms. The third-order valence-electron chi connectivity index (χ3n) is 3.13. The lowest BCUT2D eigenvalue weighted by Crippen LogP contribution is -2.46. The van der Waals surface area contributed by atoms with E-state index < -0.39 is 23.8 Å². The molecule has 11 heteroatoms. The molecule has 0 fully saturated rings. The molecule has 0 N–H and O–H groups in total. The van der Waals surface area contributed by atoms with Gasteiger partial charge < -0.3 is 35.7 Å². The minimum absolute atomic E-state index is 0.326. The van der Waals surface area contributed by atoms with E-state index in [1.165, 1.54) is 28.4 Å². The fourth-order valence-electron chi connectivity index (χ4n) is 2.02. The van der Waals surface area contributed by atoms with Crippen LogP contribution in [0.1, 0.15) is 27.2 Å². The van der Waals surface area contributed by atoms with Crippen LogP contribution < -0.4 is 0 Å². The minimum Gasteiger partial charge on any atom is -0.463 e. The van der Waals surface area contributed by atoms with Crippen LogP contribution in [0.2, 0.25) is 6.04 Å². The maximum Gasteiger partial charge on any atom is 0.678 e.